The van der Waals surface area contributed by atoms with Crippen molar-refractivity contribution in [2.24, 2.45) is 11.7 Å². The molecule has 112 valence electrons. The maximum absolute atomic E-state index is 11.7. The molecule has 0 aromatic rings. The van der Waals surface area contributed by atoms with Crippen LogP contribution in [0.3, 0.4) is 0 Å². The summed E-state index contributed by atoms with van der Waals surface area (Å²) in [6.07, 6.45) is 0.192. The van der Waals surface area contributed by atoms with E-state index >= 15 is 0 Å². The lowest BCUT2D eigenvalue weighted by molar-refractivity contribution is 0.289. The summed E-state index contributed by atoms with van der Waals surface area (Å²) >= 11 is 4.12. The fraction of sp³-hybridized carbons (Fsp3) is 1.00. The Morgan fingerprint density at radius 3 is 2.21 bits per heavy atom. The highest BCUT2D eigenvalue weighted by molar-refractivity contribution is 7.84. The Labute approximate surface area is 115 Å². The van der Waals surface area contributed by atoms with E-state index in [4.69, 9.17) is 5.73 Å². The number of hydrogen-bond donors (Lipinski definition) is 7. The Hall–Kier alpha value is 0.570. The van der Waals surface area contributed by atoms with Crippen LogP contribution in [0, 0.1) is 5.92 Å². The molecule has 4 atom stereocenters. The number of thiol groups is 1. The quantitative estimate of drug-likeness (QED) is 0.252. The molecule has 0 spiro atoms. The summed E-state index contributed by atoms with van der Waals surface area (Å²) in [7, 11) is -10.1. The molecule has 2 aliphatic rings. The lowest BCUT2D eigenvalue weighted by atomic mass is 9.91. The van der Waals surface area contributed by atoms with Gasteiger partial charge >= 0.3 is 15.2 Å². The van der Waals surface area contributed by atoms with Crippen LogP contribution in [0.25, 0.3) is 0 Å². The first-order valence-corrected chi connectivity index (χ1v) is 9.53. The molecule has 11 heteroatoms. The van der Waals surface area contributed by atoms with Gasteiger partial charge in [0, 0.05) is 23.9 Å². The van der Waals surface area contributed by atoms with E-state index in [2.05, 4.69) is 17.9 Å². The predicted molar refractivity (Wildman–Crippen MR) is 72.1 cm³/mol. The first-order valence-electron chi connectivity index (χ1n) is 5.79. The van der Waals surface area contributed by atoms with E-state index in [1.807, 2.05) is 0 Å². The molecule has 0 aromatic heterocycles. The summed E-state index contributed by atoms with van der Waals surface area (Å²) in [6.45, 7) is 0.441. The van der Waals surface area contributed by atoms with Crippen molar-refractivity contribution in [3.8, 4) is 0 Å². The van der Waals surface area contributed by atoms with E-state index in [-0.39, 0.29) is 18.4 Å². The Kier molecular flexibility index (Phi) is 4.03. The van der Waals surface area contributed by atoms with Gasteiger partial charge < -0.3 is 30.6 Å². The Bertz CT molecular complexity index is 442. The zero-order valence-electron chi connectivity index (χ0n) is 9.96. The van der Waals surface area contributed by atoms with E-state index in [0.717, 1.165) is 0 Å². The molecule has 1 aliphatic heterocycles. The summed E-state index contributed by atoms with van der Waals surface area (Å²) in [5.74, 6) is -0.300. The van der Waals surface area contributed by atoms with E-state index in [0.29, 0.717) is 13.0 Å². The molecule has 0 bridgehead atoms. The molecule has 2 fully saturated rings. The highest BCUT2D eigenvalue weighted by Gasteiger charge is 2.70. The minimum absolute atomic E-state index is 0.189. The van der Waals surface area contributed by atoms with Gasteiger partial charge in [-0.2, -0.15) is 12.6 Å². The van der Waals surface area contributed by atoms with Crippen molar-refractivity contribution < 1.29 is 28.7 Å². The fourth-order valence-electron chi connectivity index (χ4n) is 3.20. The van der Waals surface area contributed by atoms with Crippen LogP contribution in [0.2, 0.25) is 0 Å². The zero-order chi connectivity index (χ0) is 14.6. The molecular formula is C8H18N2O6P2S. The van der Waals surface area contributed by atoms with Crippen molar-refractivity contribution in [1.82, 2.24) is 5.32 Å². The van der Waals surface area contributed by atoms with Crippen LogP contribution in [0.4, 0.5) is 0 Å². The van der Waals surface area contributed by atoms with Gasteiger partial charge in [0.25, 0.3) is 0 Å². The lowest BCUT2D eigenvalue weighted by Gasteiger charge is -2.35. The summed E-state index contributed by atoms with van der Waals surface area (Å²) < 4.78 is 23.5. The third-order valence-corrected chi connectivity index (χ3v) is 9.79. The van der Waals surface area contributed by atoms with Crippen molar-refractivity contribution in [1.29, 1.82) is 0 Å². The second-order valence-electron chi connectivity index (χ2n) is 5.31. The number of hydrogen-bond acceptors (Lipinski definition) is 5. The molecule has 1 saturated heterocycles. The topological polar surface area (TPSA) is 153 Å². The third-order valence-electron chi connectivity index (χ3n) is 4.11. The molecule has 2 rings (SSSR count). The number of piperidine rings is 1. The number of nitrogens with two attached hydrogens (primary N) is 1. The van der Waals surface area contributed by atoms with E-state index < -0.39 is 31.4 Å². The van der Waals surface area contributed by atoms with Gasteiger partial charge in [0.1, 0.15) is 0 Å². The maximum Gasteiger partial charge on any atom is 0.344 e. The minimum atomic E-state index is -5.04. The van der Waals surface area contributed by atoms with Crippen LogP contribution in [-0.4, -0.2) is 48.3 Å². The van der Waals surface area contributed by atoms with E-state index in [9.17, 15) is 28.7 Å². The normalized spacial score (nSPS) is 39.1. The van der Waals surface area contributed by atoms with Crippen LogP contribution in [0.1, 0.15) is 12.8 Å². The summed E-state index contributed by atoms with van der Waals surface area (Å²) in [5.41, 5.74) is 5.77. The number of fused-ring (bicyclic) bond motifs is 1. The first kappa shape index (κ1) is 15.9. The standard InChI is InChI=1S/C8H18N2O6P2S/c9-5-1-4-2-8(17(11,12)13,18(14,15)16)7(19)6(4)10-3-5/h4-7,10,19H,1-3,9H2,(H2,11,12,13)(H2,14,15,16). The Morgan fingerprint density at radius 2 is 1.74 bits per heavy atom. The Balaban J connectivity index is 2.48. The monoisotopic (exact) mass is 332 g/mol. The molecular weight excluding hydrogens is 314 g/mol. The highest BCUT2D eigenvalue weighted by Crippen LogP contribution is 2.76. The number of rotatable bonds is 2. The summed E-state index contributed by atoms with van der Waals surface area (Å²) in [5, 5.41) is 1.87. The summed E-state index contributed by atoms with van der Waals surface area (Å²) in [6, 6.07) is -0.644. The smallest absolute Gasteiger partial charge is 0.327 e. The van der Waals surface area contributed by atoms with Crippen molar-refractivity contribution in [2.75, 3.05) is 6.54 Å². The molecule has 0 aromatic carbocycles. The van der Waals surface area contributed by atoms with E-state index in [1.165, 1.54) is 0 Å². The molecule has 7 N–H and O–H groups in total. The van der Waals surface area contributed by atoms with Gasteiger partial charge in [-0.15, -0.1) is 0 Å². The van der Waals surface area contributed by atoms with Crippen molar-refractivity contribution >= 4 is 27.8 Å². The Morgan fingerprint density at radius 1 is 1.21 bits per heavy atom. The van der Waals surface area contributed by atoms with Gasteiger partial charge in [-0.25, -0.2) is 0 Å². The molecule has 1 aliphatic carbocycles. The molecule has 0 amide bonds. The van der Waals surface area contributed by atoms with Gasteiger partial charge in [0.2, 0.25) is 0 Å². The highest BCUT2D eigenvalue weighted by atomic mass is 32.1. The van der Waals surface area contributed by atoms with Crippen LogP contribution in [0.15, 0.2) is 0 Å². The van der Waals surface area contributed by atoms with Gasteiger partial charge in [0.15, 0.2) is 4.90 Å². The van der Waals surface area contributed by atoms with Gasteiger partial charge in [0.05, 0.1) is 0 Å². The molecule has 8 nitrogen and oxygen atoms in total. The maximum atomic E-state index is 11.7. The minimum Gasteiger partial charge on any atom is -0.327 e. The molecule has 1 heterocycles. The lowest BCUT2D eigenvalue weighted by Crippen LogP contribution is -2.52. The second kappa shape index (κ2) is 4.80. The van der Waals surface area contributed by atoms with Crippen LogP contribution >= 0.6 is 27.8 Å². The van der Waals surface area contributed by atoms with Crippen molar-refractivity contribution in [2.45, 2.75) is 35.1 Å². The third kappa shape index (κ3) is 2.35. The van der Waals surface area contributed by atoms with E-state index in [1.54, 1.807) is 0 Å². The van der Waals surface area contributed by atoms with Crippen molar-refractivity contribution in [3.63, 3.8) is 0 Å². The van der Waals surface area contributed by atoms with Crippen LogP contribution in [-0.2, 0) is 9.13 Å². The first-order chi connectivity index (χ1) is 8.50. The average molecular weight is 332 g/mol. The second-order valence-corrected chi connectivity index (χ2v) is 9.99. The largest absolute Gasteiger partial charge is 0.344 e. The summed E-state index contributed by atoms with van der Waals surface area (Å²) in [4.78, 5) is 35.6. The van der Waals surface area contributed by atoms with Gasteiger partial charge in [-0.05, 0) is 18.8 Å². The molecule has 0 radical (unpaired) electrons. The zero-order valence-corrected chi connectivity index (χ0v) is 12.6. The number of nitrogens with one attached hydrogen (secondary N) is 1. The molecule has 4 unspecified atom stereocenters. The molecule has 1 saturated carbocycles. The average Bonchev–Trinajstić information content (AvgIpc) is 2.50. The van der Waals surface area contributed by atoms with Crippen LogP contribution in [0.5, 0.6) is 0 Å². The van der Waals surface area contributed by atoms with Gasteiger partial charge in [-0.3, -0.25) is 9.13 Å². The van der Waals surface area contributed by atoms with Gasteiger partial charge in [-0.1, -0.05) is 0 Å². The SMILES string of the molecule is NC1CNC2C(C1)CC(P(=O)(O)O)(P(=O)(O)O)C2S. The van der Waals surface area contributed by atoms with Crippen LogP contribution < -0.4 is 11.1 Å². The fourth-order valence-corrected chi connectivity index (χ4v) is 7.87. The van der Waals surface area contributed by atoms with Crippen molar-refractivity contribution in [3.05, 3.63) is 0 Å². The molecule has 19 heavy (non-hydrogen) atoms. The predicted octanol–water partition coefficient (Wildman–Crippen LogP) is -0.954.